The van der Waals surface area contributed by atoms with E-state index in [1.54, 1.807) is 6.20 Å². The molecule has 0 bridgehead atoms. The molecule has 0 aliphatic rings. The zero-order chi connectivity index (χ0) is 8.81. The van der Waals surface area contributed by atoms with Crippen molar-refractivity contribution in [1.29, 1.82) is 0 Å². The van der Waals surface area contributed by atoms with Gasteiger partial charge >= 0.3 is 0 Å². The molecule has 0 aliphatic carbocycles. The van der Waals surface area contributed by atoms with Crippen molar-refractivity contribution in [1.82, 2.24) is 4.98 Å². The van der Waals surface area contributed by atoms with E-state index in [0.717, 1.165) is 10.6 Å². The third-order valence-corrected chi connectivity index (χ3v) is 1.35. The second kappa shape index (κ2) is 4.29. The van der Waals surface area contributed by atoms with E-state index in [1.165, 1.54) is 0 Å². The Balaban J connectivity index is 3.37. The van der Waals surface area contributed by atoms with Crippen LogP contribution in [0.2, 0.25) is 0 Å². The fourth-order valence-corrected chi connectivity index (χ4v) is 0.750. The van der Waals surface area contributed by atoms with Crippen molar-refractivity contribution in [2.45, 2.75) is 0 Å². The Kier molecular flexibility index (Phi) is 3.03. The number of rotatable bonds is 0. The maximum Gasteiger partial charge on any atom is 0.0557 e. The lowest BCUT2D eigenvalue weighted by Crippen LogP contribution is -1.97. The zero-order valence-electron chi connectivity index (χ0n) is 6.90. The molecule has 0 N–H and O–H groups in total. The van der Waals surface area contributed by atoms with Crippen LogP contribution in [-0.4, -0.2) is 4.98 Å². The molecule has 0 unspecified atom stereocenters. The maximum absolute atomic E-state index is 4.05. The largest absolute Gasteiger partial charge is 0.258 e. The Morgan fingerprint density at radius 3 is 2.42 bits per heavy atom. The summed E-state index contributed by atoms with van der Waals surface area (Å²) in [5.41, 5.74) is 0. The van der Waals surface area contributed by atoms with E-state index in [1.807, 2.05) is 36.4 Å². The molecule has 0 saturated heterocycles. The third-order valence-electron chi connectivity index (χ3n) is 1.35. The summed E-state index contributed by atoms with van der Waals surface area (Å²) in [5.74, 6) is 0. The fourth-order valence-electron chi connectivity index (χ4n) is 0.750. The minimum Gasteiger partial charge on any atom is -0.258 e. The topological polar surface area (TPSA) is 12.9 Å². The van der Waals surface area contributed by atoms with E-state index in [9.17, 15) is 0 Å². The van der Waals surface area contributed by atoms with Crippen molar-refractivity contribution in [2.75, 3.05) is 0 Å². The molecule has 1 aromatic rings. The number of aromatic nitrogens is 1. The van der Waals surface area contributed by atoms with Crippen LogP contribution in [-0.2, 0) is 0 Å². The highest BCUT2D eigenvalue weighted by Crippen LogP contribution is 1.68. The lowest BCUT2D eigenvalue weighted by molar-refractivity contribution is 1.28. The van der Waals surface area contributed by atoms with Gasteiger partial charge in [-0.1, -0.05) is 37.4 Å². The summed E-state index contributed by atoms with van der Waals surface area (Å²) in [6.07, 6.45) is 1.71. The highest BCUT2D eigenvalue weighted by molar-refractivity contribution is 5.06. The van der Waals surface area contributed by atoms with Crippen molar-refractivity contribution in [3.05, 3.63) is 53.2 Å². The summed E-state index contributed by atoms with van der Waals surface area (Å²) in [4.78, 5) is 4.05. The van der Waals surface area contributed by atoms with Gasteiger partial charge in [0.15, 0.2) is 0 Å². The van der Waals surface area contributed by atoms with E-state index >= 15 is 0 Å². The summed E-state index contributed by atoms with van der Waals surface area (Å²) >= 11 is 0. The predicted octanol–water partition coefficient (Wildman–Crippen LogP) is 1.03. The van der Waals surface area contributed by atoms with Gasteiger partial charge < -0.3 is 0 Å². The molecule has 1 rings (SSSR count). The lowest BCUT2D eigenvalue weighted by atomic mass is 10.4. The first-order valence-electron chi connectivity index (χ1n) is 3.72. The highest BCUT2D eigenvalue weighted by atomic mass is 14.6. The Bertz CT molecular complexity index is 321. The molecular formula is C11H11N. The van der Waals surface area contributed by atoms with Crippen LogP contribution in [0.3, 0.4) is 0 Å². The zero-order valence-corrected chi connectivity index (χ0v) is 6.90. The average Bonchev–Trinajstić information content (AvgIpc) is 2.06. The van der Waals surface area contributed by atoms with Crippen molar-refractivity contribution in [3.63, 3.8) is 0 Å². The maximum atomic E-state index is 4.05. The number of hydrogen-bond donors (Lipinski definition) is 0. The first-order chi connectivity index (χ1) is 5.79. The lowest BCUT2D eigenvalue weighted by Gasteiger charge is -1.75. The van der Waals surface area contributed by atoms with Gasteiger partial charge in [-0.2, -0.15) is 0 Å². The van der Waals surface area contributed by atoms with Crippen LogP contribution in [0.25, 0.3) is 13.2 Å². The summed E-state index contributed by atoms with van der Waals surface area (Å²) in [6, 6.07) is 11.3. The highest BCUT2D eigenvalue weighted by Gasteiger charge is 1.66. The Morgan fingerprint density at radius 2 is 1.58 bits per heavy atom. The third kappa shape index (κ3) is 2.97. The molecule has 0 spiro atoms. The van der Waals surface area contributed by atoms with Gasteiger partial charge in [-0.25, -0.2) is 0 Å². The van der Waals surface area contributed by atoms with Gasteiger partial charge in [0.25, 0.3) is 0 Å². The van der Waals surface area contributed by atoms with E-state index in [0.29, 0.717) is 0 Å². The van der Waals surface area contributed by atoms with Crippen LogP contribution in [0.5, 0.6) is 0 Å². The molecule has 12 heavy (non-hydrogen) atoms. The first kappa shape index (κ1) is 8.47. The van der Waals surface area contributed by atoms with Crippen molar-refractivity contribution < 1.29 is 0 Å². The second-order valence-corrected chi connectivity index (χ2v) is 2.42. The summed E-state index contributed by atoms with van der Waals surface area (Å²) in [5, 5.41) is 1.70. The molecule has 0 atom stereocenters. The quantitative estimate of drug-likeness (QED) is 0.548. The SMILES string of the molecule is C=c1ccccc(=C)nccc1. The molecule has 0 aromatic carbocycles. The normalized spacial score (nSPS) is 8.67. The van der Waals surface area contributed by atoms with E-state index in [-0.39, 0.29) is 0 Å². The Morgan fingerprint density at radius 1 is 0.917 bits per heavy atom. The van der Waals surface area contributed by atoms with Gasteiger partial charge in [-0.05, 0) is 17.4 Å². The average molecular weight is 157 g/mol. The minimum atomic E-state index is 0.747. The van der Waals surface area contributed by atoms with Crippen molar-refractivity contribution in [2.24, 2.45) is 0 Å². The molecule has 1 nitrogen and oxygen atoms in total. The first-order valence-corrected chi connectivity index (χ1v) is 3.72. The van der Waals surface area contributed by atoms with E-state index < -0.39 is 0 Å². The van der Waals surface area contributed by atoms with Gasteiger partial charge in [0.05, 0.1) is 5.35 Å². The predicted molar refractivity (Wildman–Crippen MR) is 52.2 cm³/mol. The van der Waals surface area contributed by atoms with Crippen LogP contribution in [0.4, 0.5) is 0 Å². The second-order valence-electron chi connectivity index (χ2n) is 2.42. The summed E-state index contributed by atoms with van der Waals surface area (Å²) in [7, 11) is 0. The fraction of sp³-hybridized carbons (Fsp3) is 0. The molecule has 0 radical (unpaired) electrons. The standard InChI is InChI=1S/C11H11N/c1-10-6-3-4-8-11(2)12-9-5-7-10/h3-9H,1-2H2. The molecule has 0 fully saturated rings. The van der Waals surface area contributed by atoms with Gasteiger partial charge in [0, 0.05) is 6.20 Å². The molecule has 0 aliphatic heterocycles. The van der Waals surface area contributed by atoms with Gasteiger partial charge in [-0.15, -0.1) is 0 Å². The summed E-state index contributed by atoms with van der Waals surface area (Å²) in [6.45, 7) is 7.55. The van der Waals surface area contributed by atoms with E-state index in [4.69, 9.17) is 0 Å². The van der Waals surface area contributed by atoms with E-state index in [2.05, 4.69) is 18.1 Å². The van der Waals surface area contributed by atoms with Crippen LogP contribution in [0, 0.1) is 0 Å². The number of hydrogen-bond acceptors (Lipinski definition) is 1. The smallest absolute Gasteiger partial charge is 0.0557 e. The molecule has 0 saturated carbocycles. The van der Waals surface area contributed by atoms with Crippen LogP contribution in [0.15, 0.2) is 42.6 Å². The minimum absolute atomic E-state index is 0.747. The molecule has 1 heteroatoms. The van der Waals surface area contributed by atoms with Crippen LogP contribution in [0.1, 0.15) is 0 Å². The number of nitrogens with zero attached hydrogens (tertiary/aromatic N) is 1. The molecular weight excluding hydrogens is 146 g/mol. The van der Waals surface area contributed by atoms with Crippen LogP contribution < -0.4 is 10.6 Å². The molecule has 1 heterocycles. The molecule has 1 aromatic heterocycles. The van der Waals surface area contributed by atoms with Crippen LogP contribution >= 0.6 is 0 Å². The van der Waals surface area contributed by atoms with Crippen molar-refractivity contribution >= 4 is 13.2 Å². The Labute approximate surface area is 72.0 Å². The van der Waals surface area contributed by atoms with Gasteiger partial charge in [-0.3, -0.25) is 4.98 Å². The molecule has 60 valence electrons. The van der Waals surface area contributed by atoms with Gasteiger partial charge in [0.2, 0.25) is 0 Å². The Hall–Kier alpha value is -1.63. The molecule has 0 amide bonds. The monoisotopic (exact) mass is 157 g/mol. The summed E-state index contributed by atoms with van der Waals surface area (Å²) < 4.78 is 0. The van der Waals surface area contributed by atoms with Gasteiger partial charge in [0.1, 0.15) is 0 Å². The van der Waals surface area contributed by atoms with Crippen molar-refractivity contribution in [3.8, 4) is 0 Å².